The second kappa shape index (κ2) is 13.5. The second-order valence-electron chi connectivity index (χ2n) is 9.52. The summed E-state index contributed by atoms with van der Waals surface area (Å²) in [5, 5.41) is 19.4. The third kappa shape index (κ3) is 7.09. The number of rotatable bonds is 11. The number of thioether (sulfide) groups is 1. The van der Waals surface area contributed by atoms with Crippen LogP contribution in [0.5, 0.6) is 11.5 Å². The van der Waals surface area contributed by atoms with Gasteiger partial charge in [-0.15, -0.1) is 10.2 Å². The smallest absolute Gasteiger partial charge is 0.250 e. The second-order valence-corrected chi connectivity index (χ2v) is 10.5. The molecule has 1 aromatic heterocycles. The van der Waals surface area contributed by atoms with Crippen LogP contribution >= 0.6 is 11.8 Å². The van der Waals surface area contributed by atoms with Gasteiger partial charge >= 0.3 is 0 Å². The third-order valence-electron chi connectivity index (χ3n) is 6.51. The van der Waals surface area contributed by atoms with Gasteiger partial charge in [-0.3, -0.25) is 9.36 Å². The summed E-state index contributed by atoms with van der Waals surface area (Å²) < 4.78 is 7.84. The topological polar surface area (TPSA) is 93.4 Å². The first-order valence-electron chi connectivity index (χ1n) is 13.7. The molecule has 0 saturated carbocycles. The summed E-state index contributed by atoms with van der Waals surface area (Å²) in [4.78, 5) is 12.7. The number of nitrogens with zero attached hydrogens (tertiary/aromatic N) is 4. The maximum atomic E-state index is 12.7. The van der Waals surface area contributed by atoms with Crippen molar-refractivity contribution in [1.82, 2.24) is 20.2 Å². The van der Waals surface area contributed by atoms with Gasteiger partial charge in [0.25, 0.3) is 5.91 Å². The zero-order chi connectivity index (χ0) is 29.3. The molecule has 5 aromatic carbocycles. The average molecular weight is 585 g/mol. The van der Waals surface area contributed by atoms with Crippen molar-refractivity contribution in [2.75, 3.05) is 11.1 Å². The standard InChI is InChI=1S/C34H28N6O2S/c41-33(38-36-22-25-11-9-18-29(21-25)42-28-16-5-2-6-17-28)24-43-34-39-37-32(40(34)27-14-3-1-4-15-27)23-35-31-20-10-13-26-12-7-8-19-30(26)31/h1-22,35H,23-24H2,(H,38,41)/b36-22-. The van der Waals surface area contributed by atoms with E-state index in [4.69, 9.17) is 4.74 Å². The van der Waals surface area contributed by atoms with Crippen molar-refractivity contribution in [2.24, 2.45) is 5.10 Å². The van der Waals surface area contributed by atoms with Gasteiger partial charge in [0.1, 0.15) is 11.5 Å². The van der Waals surface area contributed by atoms with Crippen LogP contribution < -0.4 is 15.5 Å². The van der Waals surface area contributed by atoms with E-state index in [2.05, 4.69) is 50.3 Å². The van der Waals surface area contributed by atoms with E-state index in [0.29, 0.717) is 17.5 Å². The van der Waals surface area contributed by atoms with E-state index in [1.807, 2.05) is 108 Å². The minimum atomic E-state index is -0.254. The highest BCUT2D eigenvalue weighted by atomic mass is 32.2. The highest BCUT2D eigenvalue weighted by Gasteiger charge is 2.16. The van der Waals surface area contributed by atoms with Crippen molar-refractivity contribution in [3.8, 4) is 17.2 Å². The molecule has 1 heterocycles. The number of hydrazone groups is 1. The normalized spacial score (nSPS) is 11.1. The van der Waals surface area contributed by atoms with Crippen LogP contribution in [0.1, 0.15) is 11.4 Å². The summed E-state index contributed by atoms with van der Waals surface area (Å²) >= 11 is 1.30. The van der Waals surface area contributed by atoms with Gasteiger partial charge in [0.2, 0.25) is 0 Å². The number of ether oxygens (including phenoxy) is 1. The number of hydrogen-bond acceptors (Lipinski definition) is 7. The van der Waals surface area contributed by atoms with Gasteiger partial charge in [0, 0.05) is 16.8 Å². The molecule has 0 radical (unpaired) electrons. The molecular formula is C34H28N6O2S. The Hall–Kier alpha value is -5.41. The van der Waals surface area contributed by atoms with E-state index in [-0.39, 0.29) is 11.7 Å². The van der Waals surface area contributed by atoms with Gasteiger partial charge in [0.05, 0.1) is 18.5 Å². The first-order valence-corrected chi connectivity index (χ1v) is 14.7. The maximum absolute atomic E-state index is 12.7. The quantitative estimate of drug-likeness (QED) is 0.0962. The Kier molecular flexibility index (Phi) is 8.71. The van der Waals surface area contributed by atoms with Gasteiger partial charge in [-0.1, -0.05) is 96.7 Å². The van der Waals surface area contributed by atoms with Crippen molar-refractivity contribution in [1.29, 1.82) is 0 Å². The molecule has 0 aliphatic carbocycles. The Bertz CT molecular complexity index is 1850. The monoisotopic (exact) mass is 584 g/mol. The molecule has 212 valence electrons. The van der Waals surface area contributed by atoms with Crippen LogP contribution in [0.15, 0.2) is 138 Å². The minimum Gasteiger partial charge on any atom is -0.457 e. The lowest BCUT2D eigenvalue weighted by atomic mass is 10.1. The lowest BCUT2D eigenvalue weighted by molar-refractivity contribution is -0.118. The zero-order valence-corrected chi connectivity index (χ0v) is 23.9. The first-order chi connectivity index (χ1) is 21.2. The molecule has 8 nitrogen and oxygen atoms in total. The summed E-state index contributed by atoms with van der Waals surface area (Å²) in [6.07, 6.45) is 1.59. The van der Waals surface area contributed by atoms with Crippen LogP contribution in [-0.4, -0.2) is 32.6 Å². The lowest BCUT2D eigenvalue weighted by Gasteiger charge is -2.12. The molecule has 6 rings (SSSR count). The van der Waals surface area contributed by atoms with Gasteiger partial charge in [-0.05, 0) is 53.4 Å². The highest BCUT2D eigenvalue weighted by Crippen LogP contribution is 2.26. The van der Waals surface area contributed by atoms with E-state index in [1.54, 1.807) is 6.21 Å². The Morgan fingerprint density at radius 1 is 0.814 bits per heavy atom. The number of benzene rings is 5. The van der Waals surface area contributed by atoms with E-state index in [1.165, 1.54) is 11.8 Å². The molecule has 0 aliphatic rings. The predicted molar refractivity (Wildman–Crippen MR) is 172 cm³/mol. The third-order valence-corrected chi connectivity index (χ3v) is 7.44. The SMILES string of the molecule is O=C(CSc1nnc(CNc2cccc3ccccc23)n1-c1ccccc1)N/N=C\c1cccc(Oc2ccccc2)c1. The van der Waals surface area contributed by atoms with Crippen LogP contribution in [0.25, 0.3) is 16.5 Å². The predicted octanol–water partition coefficient (Wildman–Crippen LogP) is 7.07. The molecule has 0 spiro atoms. The number of amides is 1. The molecule has 1 amide bonds. The molecule has 9 heteroatoms. The van der Waals surface area contributed by atoms with Crippen molar-refractivity contribution in [3.05, 3.63) is 139 Å². The lowest BCUT2D eigenvalue weighted by Crippen LogP contribution is -2.20. The number of carbonyl (C=O) groups excluding carboxylic acids is 1. The van der Waals surface area contributed by atoms with Crippen molar-refractivity contribution in [2.45, 2.75) is 11.7 Å². The Balaban J connectivity index is 1.10. The van der Waals surface area contributed by atoms with Crippen molar-refractivity contribution >= 4 is 40.3 Å². The molecule has 43 heavy (non-hydrogen) atoms. The van der Waals surface area contributed by atoms with Gasteiger partial charge in [-0.25, -0.2) is 5.43 Å². The molecule has 2 N–H and O–H groups in total. The van der Waals surface area contributed by atoms with E-state index < -0.39 is 0 Å². The first kappa shape index (κ1) is 27.7. The van der Waals surface area contributed by atoms with Crippen molar-refractivity contribution in [3.63, 3.8) is 0 Å². The fourth-order valence-electron chi connectivity index (χ4n) is 4.52. The van der Waals surface area contributed by atoms with Crippen LogP contribution in [-0.2, 0) is 11.3 Å². The van der Waals surface area contributed by atoms with Gasteiger partial charge in [0.15, 0.2) is 11.0 Å². The number of anilines is 1. The summed E-state index contributed by atoms with van der Waals surface area (Å²) in [7, 11) is 0. The molecule has 0 atom stereocenters. The average Bonchev–Trinajstić information content (AvgIpc) is 3.46. The number of nitrogens with one attached hydrogen (secondary N) is 2. The van der Waals surface area contributed by atoms with Gasteiger partial charge in [-0.2, -0.15) is 5.10 Å². The number of carbonyl (C=O) groups is 1. The van der Waals surface area contributed by atoms with E-state index in [9.17, 15) is 4.79 Å². The molecular weight excluding hydrogens is 556 g/mol. The number of hydrogen-bond donors (Lipinski definition) is 2. The van der Waals surface area contributed by atoms with Crippen LogP contribution in [0, 0.1) is 0 Å². The largest absolute Gasteiger partial charge is 0.457 e. The summed E-state index contributed by atoms with van der Waals surface area (Å²) in [5.74, 6) is 2.03. The molecule has 0 unspecified atom stereocenters. The van der Waals surface area contributed by atoms with E-state index >= 15 is 0 Å². The van der Waals surface area contributed by atoms with E-state index in [0.717, 1.165) is 39.3 Å². The molecule has 0 aliphatic heterocycles. The Labute approximate surface area is 253 Å². The number of fused-ring (bicyclic) bond motifs is 1. The zero-order valence-electron chi connectivity index (χ0n) is 23.1. The number of aromatic nitrogens is 3. The molecule has 0 saturated heterocycles. The molecule has 0 bridgehead atoms. The van der Waals surface area contributed by atoms with Crippen LogP contribution in [0.2, 0.25) is 0 Å². The minimum absolute atomic E-state index is 0.121. The molecule has 6 aromatic rings. The fourth-order valence-corrected chi connectivity index (χ4v) is 5.29. The van der Waals surface area contributed by atoms with Crippen LogP contribution in [0.3, 0.4) is 0 Å². The highest BCUT2D eigenvalue weighted by molar-refractivity contribution is 7.99. The fraction of sp³-hybridized carbons (Fsp3) is 0.0588. The Morgan fingerprint density at radius 2 is 1.53 bits per heavy atom. The number of para-hydroxylation sites is 2. The summed E-state index contributed by atoms with van der Waals surface area (Å²) in [5.41, 5.74) is 5.33. The van der Waals surface area contributed by atoms with Crippen molar-refractivity contribution < 1.29 is 9.53 Å². The maximum Gasteiger partial charge on any atom is 0.250 e. The summed E-state index contributed by atoms with van der Waals surface area (Å²) in [6, 6.07) is 41.3. The summed E-state index contributed by atoms with van der Waals surface area (Å²) in [6.45, 7) is 0.458. The van der Waals surface area contributed by atoms with Crippen LogP contribution in [0.4, 0.5) is 5.69 Å². The Morgan fingerprint density at radius 3 is 2.40 bits per heavy atom. The molecule has 0 fully saturated rings. The van der Waals surface area contributed by atoms with Gasteiger partial charge < -0.3 is 10.1 Å².